The molecule has 8 heteroatoms. The number of carboxylic acid groups (broad SMARTS) is 1. The lowest BCUT2D eigenvalue weighted by molar-refractivity contribution is -0.152. The summed E-state index contributed by atoms with van der Waals surface area (Å²) >= 11 is 1.38. The molecule has 148 valence electrons. The van der Waals surface area contributed by atoms with Gasteiger partial charge >= 0.3 is 5.97 Å². The van der Waals surface area contributed by atoms with Crippen LogP contribution in [0.5, 0.6) is 0 Å². The Balaban J connectivity index is 1.39. The highest BCUT2D eigenvalue weighted by Crippen LogP contribution is 2.32. The maximum absolute atomic E-state index is 12.9. The number of aliphatic carboxylic acids is 1. The van der Waals surface area contributed by atoms with Gasteiger partial charge in [-0.1, -0.05) is 25.0 Å². The molecular formula is C20H23N3O4S. The van der Waals surface area contributed by atoms with E-state index in [0.29, 0.717) is 44.0 Å². The molecule has 7 nitrogen and oxygen atoms in total. The first-order valence-corrected chi connectivity index (χ1v) is 10.5. The highest BCUT2D eigenvalue weighted by atomic mass is 32.1. The van der Waals surface area contributed by atoms with Gasteiger partial charge in [-0.15, -0.1) is 11.3 Å². The van der Waals surface area contributed by atoms with Crippen molar-refractivity contribution in [3.63, 3.8) is 0 Å². The second kappa shape index (κ2) is 7.87. The van der Waals surface area contributed by atoms with Gasteiger partial charge in [0, 0.05) is 26.2 Å². The molecule has 2 fully saturated rings. The molecule has 1 N–H and O–H groups in total. The molecule has 0 bridgehead atoms. The molecule has 2 amide bonds. The molecule has 1 aliphatic carbocycles. The summed E-state index contributed by atoms with van der Waals surface area (Å²) in [5.74, 6) is -2.06. The number of carbonyl (C=O) groups is 3. The second-order valence-electron chi connectivity index (χ2n) is 7.44. The summed E-state index contributed by atoms with van der Waals surface area (Å²) < 4.78 is 0.983. The van der Waals surface area contributed by atoms with E-state index >= 15 is 0 Å². The van der Waals surface area contributed by atoms with E-state index in [1.165, 1.54) is 11.3 Å². The van der Waals surface area contributed by atoms with Crippen molar-refractivity contribution < 1.29 is 19.5 Å². The Morgan fingerprint density at radius 3 is 2.29 bits per heavy atom. The number of benzene rings is 1. The minimum Gasteiger partial charge on any atom is -0.481 e. The summed E-state index contributed by atoms with van der Waals surface area (Å²) in [6.45, 7) is 1.78. The van der Waals surface area contributed by atoms with Crippen molar-refractivity contribution in [2.75, 3.05) is 26.2 Å². The molecule has 1 saturated heterocycles. The summed E-state index contributed by atoms with van der Waals surface area (Å²) in [6.07, 6.45) is 2.98. The number of aromatic nitrogens is 1. The zero-order valence-electron chi connectivity index (χ0n) is 15.5. The van der Waals surface area contributed by atoms with E-state index in [9.17, 15) is 19.5 Å². The molecule has 4 rings (SSSR count). The molecule has 1 aliphatic heterocycles. The summed E-state index contributed by atoms with van der Waals surface area (Å²) in [5.41, 5.74) is 0.821. The van der Waals surface area contributed by atoms with Gasteiger partial charge in [-0.25, -0.2) is 4.98 Å². The summed E-state index contributed by atoms with van der Waals surface area (Å²) in [4.78, 5) is 45.0. The van der Waals surface area contributed by atoms with E-state index in [4.69, 9.17) is 0 Å². The molecule has 2 atom stereocenters. The standard InChI is InChI=1S/C20H23N3O4S/c24-18(13-5-1-2-6-14(13)20(26)27)22-9-11-23(12-10-22)19(25)17-21-15-7-3-4-8-16(15)28-17/h3-4,7-8,13-14H,1-2,5-6,9-12H2,(H,26,27)/t13-,14-/m1/s1. The molecule has 2 heterocycles. The minimum atomic E-state index is -0.873. The van der Waals surface area contributed by atoms with Gasteiger partial charge in [-0.2, -0.15) is 0 Å². The van der Waals surface area contributed by atoms with Gasteiger partial charge in [0.15, 0.2) is 5.01 Å². The van der Waals surface area contributed by atoms with Crippen LogP contribution in [0.15, 0.2) is 24.3 Å². The zero-order chi connectivity index (χ0) is 19.7. The number of piperazine rings is 1. The largest absolute Gasteiger partial charge is 0.481 e. The summed E-state index contributed by atoms with van der Waals surface area (Å²) in [5, 5.41) is 9.90. The van der Waals surface area contributed by atoms with Crippen LogP contribution in [0.25, 0.3) is 10.2 Å². The Hall–Kier alpha value is -2.48. The number of fused-ring (bicyclic) bond motifs is 1. The predicted molar refractivity (Wildman–Crippen MR) is 105 cm³/mol. The van der Waals surface area contributed by atoms with E-state index in [-0.39, 0.29) is 11.8 Å². The maximum atomic E-state index is 12.9. The van der Waals surface area contributed by atoms with E-state index in [1.807, 2.05) is 24.3 Å². The van der Waals surface area contributed by atoms with Crippen molar-refractivity contribution in [1.82, 2.24) is 14.8 Å². The number of amides is 2. The van der Waals surface area contributed by atoms with Crippen molar-refractivity contribution in [2.45, 2.75) is 25.7 Å². The van der Waals surface area contributed by atoms with Crippen LogP contribution in [0.1, 0.15) is 35.5 Å². The second-order valence-corrected chi connectivity index (χ2v) is 8.47. The van der Waals surface area contributed by atoms with Gasteiger partial charge in [-0.3, -0.25) is 14.4 Å². The number of rotatable bonds is 3. The third kappa shape index (κ3) is 3.61. The fourth-order valence-corrected chi connectivity index (χ4v) is 5.12. The van der Waals surface area contributed by atoms with Gasteiger partial charge in [0.1, 0.15) is 0 Å². The van der Waals surface area contributed by atoms with Gasteiger partial charge in [0.25, 0.3) is 5.91 Å². The fourth-order valence-electron chi connectivity index (χ4n) is 4.19. The van der Waals surface area contributed by atoms with Crippen molar-refractivity contribution in [3.8, 4) is 0 Å². The molecule has 1 aromatic carbocycles. The van der Waals surface area contributed by atoms with Gasteiger partial charge in [0.05, 0.1) is 22.1 Å². The first-order chi connectivity index (χ1) is 13.5. The topological polar surface area (TPSA) is 90.8 Å². The molecule has 1 saturated carbocycles. The first kappa shape index (κ1) is 18.9. The van der Waals surface area contributed by atoms with Crippen molar-refractivity contribution in [3.05, 3.63) is 29.3 Å². The van der Waals surface area contributed by atoms with Gasteiger partial charge in [0.2, 0.25) is 5.91 Å². The molecule has 0 radical (unpaired) electrons. The van der Waals surface area contributed by atoms with Gasteiger partial charge in [-0.05, 0) is 25.0 Å². The molecule has 0 unspecified atom stereocenters. The number of hydrogen-bond acceptors (Lipinski definition) is 5. The zero-order valence-corrected chi connectivity index (χ0v) is 16.4. The number of nitrogens with zero attached hydrogens (tertiary/aromatic N) is 3. The Morgan fingerprint density at radius 2 is 1.61 bits per heavy atom. The third-order valence-electron chi connectivity index (χ3n) is 5.76. The van der Waals surface area contributed by atoms with Crippen molar-refractivity contribution >= 4 is 39.3 Å². The van der Waals surface area contributed by atoms with Crippen LogP contribution < -0.4 is 0 Å². The average molecular weight is 401 g/mol. The molecule has 2 aliphatic rings. The van der Waals surface area contributed by atoms with Crippen molar-refractivity contribution in [1.29, 1.82) is 0 Å². The molecule has 2 aromatic rings. The van der Waals surface area contributed by atoms with Crippen LogP contribution in [0, 0.1) is 11.8 Å². The number of thiazole rings is 1. The van der Waals surface area contributed by atoms with Crippen LogP contribution in [0.4, 0.5) is 0 Å². The average Bonchev–Trinajstić information content (AvgIpc) is 3.17. The Labute approximate surface area is 167 Å². The Kier molecular flexibility index (Phi) is 5.30. The minimum absolute atomic E-state index is 0.0702. The van der Waals surface area contributed by atoms with E-state index in [1.54, 1.807) is 9.80 Å². The lowest BCUT2D eigenvalue weighted by Crippen LogP contribution is -2.53. The van der Waals surface area contributed by atoms with E-state index in [0.717, 1.165) is 23.1 Å². The van der Waals surface area contributed by atoms with Crippen LogP contribution in [0.2, 0.25) is 0 Å². The molecule has 0 spiro atoms. The number of para-hydroxylation sites is 1. The number of carboxylic acids is 1. The van der Waals surface area contributed by atoms with Crippen LogP contribution in [0.3, 0.4) is 0 Å². The summed E-state index contributed by atoms with van der Waals surface area (Å²) in [6, 6.07) is 7.66. The monoisotopic (exact) mass is 401 g/mol. The van der Waals surface area contributed by atoms with Crippen LogP contribution in [-0.4, -0.2) is 63.9 Å². The maximum Gasteiger partial charge on any atom is 0.307 e. The van der Waals surface area contributed by atoms with Crippen molar-refractivity contribution in [2.24, 2.45) is 11.8 Å². The van der Waals surface area contributed by atoms with E-state index in [2.05, 4.69) is 4.98 Å². The van der Waals surface area contributed by atoms with Crippen LogP contribution >= 0.6 is 11.3 Å². The lowest BCUT2D eigenvalue weighted by Gasteiger charge is -2.38. The highest BCUT2D eigenvalue weighted by Gasteiger charge is 2.39. The SMILES string of the molecule is O=C(O)[C@@H]1CCCC[C@H]1C(=O)N1CCN(C(=O)c2nc3ccccc3s2)CC1. The van der Waals surface area contributed by atoms with Crippen LogP contribution in [-0.2, 0) is 9.59 Å². The fraction of sp³-hybridized carbons (Fsp3) is 0.500. The molecule has 1 aromatic heterocycles. The van der Waals surface area contributed by atoms with E-state index < -0.39 is 17.8 Å². The summed E-state index contributed by atoms with van der Waals surface area (Å²) in [7, 11) is 0. The van der Waals surface area contributed by atoms with Gasteiger partial charge < -0.3 is 14.9 Å². The Bertz CT molecular complexity index is 871. The third-order valence-corrected chi connectivity index (χ3v) is 6.78. The quantitative estimate of drug-likeness (QED) is 0.853. The highest BCUT2D eigenvalue weighted by molar-refractivity contribution is 7.20. The lowest BCUT2D eigenvalue weighted by atomic mass is 9.78. The smallest absolute Gasteiger partial charge is 0.307 e. The number of carbonyl (C=O) groups excluding carboxylic acids is 2. The predicted octanol–water partition coefficient (Wildman–Crippen LogP) is 2.47. The number of hydrogen-bond donors (Lipinski definition) is 1. The molecular weight excluding hydrogens is 378 g/mol. The first-order valence-electron chi connectivity index (χ1n) is 9.71. The normalized spacial score (nSPS) is 23.0. The Morgan fingerprint density at radius 1 is 0.964 bits per heavy atom. The molecule has 28 heavy (non-hydrogen) atoms.